The fraction of sp³-hybridized carbons (Fsp3) is 0.238. The van der Waals surface area contributed by atoms with E-state index in [0.717, 1.165) is 0 Å². The highest BCUT2D eigenvalue weighted by Gasteiger charge is 2.15. The smallest absolute Gasteiger partial charge is 0.254 e. The van der Waals surface area contributed by atoms with Gasteiger partial charge in [0.2, 0.25) is 5.91 Å². The summed E-state index contributed by atoms with van der Waals surface area (Å²) in [5.41, 5.74) is 0.470. The van der Waals surface area contributed by atoms with Gasteiger partial charge in [0.1, 0.15) is 11.6 Å². The van der Waals surface area contributed by atoms with E-state index in [0.29, 0.717) is 39.7 Å². The van der Waals surface area contributed by atoms with Crippen LogP contribution >= 0.6 is 35.0 Å². The molecule has 0 fully saturated rings. The van der Waals surface area contributed by atoms with Crippen LogP contribution in [-0.2, 0) is 17.8 Å². The number of halogens is 3. The number of rotatable bonds is 9. The first kappa shape index (κ1) is 24.0. The second kappa shape index (κ2) is 11.3. The molecule has 3 rings (SSSR count). The fourth-order valence-corrected chi connectivity index (χ4v) is 4.14. The average Bonchev–Trinajstić information content (AvgIpc) is 3.16. The highest BCUT2D eigenvalue weighted by molar-refractivity contribution is 7.99. The van der Waals surface area contributed by atoms with E-state index in [4.69, 9.17) is 23.2 Å². The molecule has 1 heterocycles. The largest absolute Gasteiger partial charge is 0.351 e. The number of nitrogens with zero attached hydrogens (tertiary/aromatic N) is 3. The van der Waals surface area contributed by atoms with Crippen LogP contribution < -0.4 is 10.6 Å². The Morgan fingerprint density at radius 1 is 1.16 bits per heavy atom. The molecule has 2 N–H and O–H groups in total. The van der Waals surface area contributed by atoms with Gasteiger partial charge >= 0.3 is 0 Å². The third kappa shape index (κ3) is 6.21. The van der Waals surface area contributed by atoms with E-state index in [2.05, 4.69) is 20.8 Å². The van der Waals surface area contributed by atoms with Crippen LogP contribution in [0.25, 0.3) is 0 Å². The standard InChI is InChI=1S/C21H20Cl2FN5O2S/c1-2-29-18(9-10-25-20(31)14-5-3-4-6-16(14)24)27-28-21(29)32-12-19(30)26-17-8-7-13(22)11-15(17)23/h3-8,11H,2,9-10,12H2,1H3,(H,25,31)(H,26,30). The SMILES string of the molecule is CCn1c(CCNC(=O)c2ccccc2F)nnc1SCC(=O)Nc1ccc(Cl)cc1Cl. The third-order valence-corrected chi connectivity index (χ3v) is 5.91. The lowest BCUT2D eigenvalue weighted by atomic mass is 10.2. The van der Waals surface area contributed by atoms with Crippen molar-refractivity contribution in [2.45, 2.75) is 25.0 Å². The van der Waals surface area contributed by atoms with E-state index in [9.17, 15) is 14.0 Å². The van der Waals surface area contributed by atoms with Crippen molar-refractivity contribution in [3.8, 4) is 0 Å². The van der Waals surface area contributed by atoms with Crippen molar-refractivity contribution in [2.24, 2.45) is 0 Å². The molecule has 0 spiro atoms. The van der Waals surface area contributed by atoms with Crippen molar-refractivity contribution in [1.29, 1.82) is 0 Å². The lowest BCUT2D eigenvalue weighted by Crippen LogP contribution is -2.27. The summed E-state index contributed by atoms with van der Waals surface area (Å²) in [6, 6.07) is 10.6. The lowest BCUT2D eigenvalue weighted by molar-refractivity contribution is -0.113. The predicted octanol–water partition coefficient (Wildman–Crippen LogP) is 4.45. The van der Waals surface area contributed by atoms with Crippen molar-refractivity contribution in [3.63, 3.8) is 0 Å². The van der Waals surface area contributed by atoms with Gasteiger partial charge in [0.25, 0.3) is 5.91 Å². The molecule has 7 nitrogen and oxygen atoms in total. The van der Waals surface area contributed by atoms with E-state index in [1.165, 1.54) is 30.0 Å². The van der Waals surface area contributed by atoms with Gasteiger partial charge in [0.15, 0.2) is 5.16 Å². The van der Waals surface area contributed by atoms with Crippen LogP contribution in [0, 0.1) is 5.82 Å². The summed E-state index contributed by atoms with van der Waals surface area (Å²) in [5, 5.41) is 15.1. The van der Waals surface area contributed by atoms with Crippen LogP contribution in [-0.4, -0.2) is 38.9 Å². The van der Waals surface area contributed by atoms with Crippen LogP contribution in [0.3, 0.4) is 0 Å². The third-order valence-electron chi connectivity index (χ3n) is 4.40. The molecule has 0 radical (unpaired) electrons. The van der Waals surface area contributed by atoms with E-state index in [1.807, 2.05) is 11.5 Å². The van der Waals surface area contributed by atoms with Crippen molar-refractivity contribution < 1.29 is 14.0 Å². The molecule has 1 aromatic heterocycles. The molecular formula is C21H20Cl2FN5O2S. The molecule has 0 aliphatic heterocycles. The Labute approximate surface area is 198 Å². The Kier molecular flexibility index (Phi) is 8.49. The van der Waals surface area contributed by atoms with Gasteiger partial charge in [0.05, 0.1) is 22.0 Å². The monoisotopic (exact) mass is 495 g/mol. The Balaban J connectivity index is 1.53. The summed E-state index contributed by atoms with van der Waals surface area (Å²) < 4.78 is 15.6. The maximum Gasteiger partial charge on any atom is 0.254 e. The van der Waals surface area contributed by atoms with Crippen LogP contribution in [0.2, 0.25) is 10.0 Å². The lowest BCUT2D eigenvalue weighted by Gasteiger charge is -2.09. The van der Waals surface area contributed by atoms with E-state index in [-0.39, 0.29) is 23.8 Å². The molecule has 0 aliphatic carbocycles. The zero-order chi connectivity index (χ0) is 23.1. The second-order valence-corrected chi connectivity index (χ2v) is 8.38. The molecule has 32 heavy (non-hydrogen) atoms. The van der Waals surface area contributed by atoms with Crippen molar-refractivity contribution >= 4 is 52.5 Å². The fourth-order valence-electron chi connectivity index (χ4n) is 2.86. The molecule has 0 unspecified atom stereocenters. The maximum atomic E-state index is 13.7. The highest BCUT2D eigenvalue weighted by Crippen LogP contribution is 2.26. The molecule has 0 bridgehead atoms. The Bertz CT molecular complexity index is 1130. The summed E-state index contributed by atoms with van der Waals surface area (Å²) in [6.45, 7) is 2.80. The first-order chi connectivity index (χ1) is 15.4. The van der Waals surface area contributed by atoms with Gasteiger partial charge in [-0.2, -0.15) is 0 Å². The Morgan fingerprint density at radius 3 is 2.66 bits per heavy atom. The van der Waals surface area contributed by atoms with Gasteiger partial charge in [0, 0.05) is 24.5 Å². The highest BCUT2D eigenvalue weighted by atomic mass is 35.5. The quantitative estimate of drug-likeness (QED) is 0.428. The number of benzene rings is 2. The second-order valence-electron chi connectivity index (χ2n) is 6.59. The van der Waals surface area contributed by atoms with Crippen LogP contribution in [0.15, 0.2) is 47.6 Å². The summed E-state index contributed by atoms with van der Waals surface area (Å²) >= 11 is 13.2. The molecule has 2 aromatic carbocycles. The molecule has 168 valence electrons. The number of aromatic nitrogens is 3. The summed E-state index contributed by atoms with van der Waals surface area (Å²) in [6.07, 6.45) is 0.411. The number of thioether (sulfide) groups is 1. The van der Waals surface area contributed by atoms with Crippen molar-refractivity contribution in [2.75, 3.05) is 17.6 Å². The molecule has 0 aliphatic rings. The van der Waals surface area contributed by atoms with Gasteiger partial charge < -0.3 is 15.2 Å². The Morgan fingerprint density at radius 2 is 1.94 bits per heavy atom. The number of carbonyl (C=O) groups is 2. The molecule has 2 amide bonds. The number of amides is 2. The van der Waals surface area contributed by atoms with E-state index < -0.39 is 11.7 Å². The maximum absolute atomic E-state index is 13.7. The van der Waals surface area contributed by atoms with Gasteiger partial charge in [-0.15, -0.1) is 10.2 Å². The van der Waals surface area contributed by atoms with Crippen molar-refractivity contribution in [3.05, 3.63) is 69.7 Å². The molecule has 0 saturated carbocycles. The average molecular weight is 496 g/mol. The van der Waals surface area contributed by atoms with Gasteiger partial charge in [-0.05, 0) is 37.3 Å². The number of carbonyl (C=O) groups excluding carboxylic acids is 2. The summed E-state index contributed by atoms with van der Waals surface area (Å²) in [7, 11) is 0. The molecular weight excluding hydrogens is 476 g/mol. The number of nitrogens with one attached hydrogen (secondary N) is 2. The zero-order valence-corrected chi connectivity index (χ0v) is 19.4. The molecule has 11 heteroatoms. The first-order valence-corrected chi connectivity index (χ1v) is 11.5. The number of hydrogen-bond donors (Lipinski definition) is 2. The van der Waals surface area contributed by atoms with Crippen molar-refractivity contribution in [1.82, 2.24) is 20.1 Å². The normalized spacial score (nSPS) is 10.8. The van der Waals surface area contributed by atoms with Crippen LogP contribution in [0.1, 0.15) is 23.1 Å². The number of anilines is 1. The minimum Gasteiger partial charge on any atom is -0.351 e. The topological polar surface area (TPSA) is 88.9 Å². The van der Waals surface area contributed by atoms with E-state index in [1.54, 1.807) is 24.3 Å². The first-order valence-electron chi connectivity index (χ1n) is 9.71. The molecule has 0 atom stereocenters. The number of hydrogen-bond acceptors (Lipinski definition) is 5. The predicted molar refractivity (Wildman–Crippen MR) is 124 cm³/mol. The minimum absolute atomic E-state index is 0.00694. The summed E-state index contributed by atoms with van der Waals surface area (Å²) in [5.74, 6) is -0.536. The van der Waals surface area contributed by atoms with E-state index >= 15 is 0 Å². The van der Waals surface area contributed by atoms with Gasteiger partial charge in [-0.1, -0.05) is 47.1 Å². The van der Waals surface area contributed by atoms with Crippen LogP contribution in [0.4, 0.5) is 10.1 Å². The minimum atomic E-state index is -0.571. The van der Waals surface area contributed by atoms with Gasteiger partial charge in [-0.3, -0.25) is 9.59 Å². The Hall–Kier alpha value is -2.62. The molecule has 3 aromatic rings. The van der Waals surface area contributed by atoms with Gasteiger partial charge in [-0.25, -0.2) is 4.39 Å². The summed E-state index contributed by atoms with van der Waals surface area (Å²) in [4.78, 5) is 24.4. The molecule has 0 saturated heterocycles. The van der Waals surface area contributed by atoms with Crippen LogP contribution in [0.5, 0.6) is 0 Å². The zero-order valence-electron chi connectivity index (χ0n) is 17.1.